The first-order chi connectivity index (χ1) is 10.1. The second-order valence-electron chi connectivity index (χ2n) is 5.48. The van der Waals surface area contributed by atoms with Crippen LogP contribution in [0.3, 0.4) is 0 Å². The molecule has 0 N–H and O–H groups in total. The Morgan fingerprint density at radius 1 is 1.14 bits per heavy atom. The summed E-state index contributed by atoms with van der Waals surface area (Å²) in [6.45, 7) is 4.49. The van der Waals surface area contributed by atoms with E-state index in [0.29, 0.717) is 0 Å². The van der Waals surface area contributed by atoms with E-state index in [-0.39, 0.29) is 5.91 Å². The minimum absolute atomic E-state index is 0.0958. The van der Waals surface area contributed by atoms with Gasteiger partial charge in [-0.05, 0) is 43.9 Å². The van der Waals surface area contributed by atoms with E-state index >= 15 is 0 Å². The van der Waals surface area contributed by atoms with E-state index in [9.17, 15) is 4.79 Å². The number of fused-ring (bicyclic) bond motifs is 3. The number of allylic oxidation sites excluding steroid dienone is 1. The van der Waals surface area contributed by atoms with Gasteiger partial charge in [-0.15, -0.1) is 0 Å². The highest BCUT2D eigenvalue weighted by Crippen LogP contribution is 2.29. The van der Waals surface area contributed by atoms with Gasteiger partial charge in [0.15, 0.2) is 0 Å². The van der Waals surface area contributed by atoms with Gasteiger partial charge in [-0.2, -0.15) is 0 Å². The number of hydrogen-bond acceptors (Lipinski definition) is 2. The maximum Gasteiger partial charge on any atom is 0.254 e. The Hall–Kier alpha value is -2.39. The van der Waals surface area contributed by atoms with E-state index < -0.39 is 0 Å². The summed E-state index contributed by atoms with van der Waals surface area (Å²) < 4.78 is 1.73. The van der Waals surface area contributed by atoms with Crippen LogP contribution >= 0.6 is 0 Å². The summed E-state index contributed by atoms with van der Waals surface area (Å²) in [5, 5.41) is 2.21. The van der Waals surface area contributed by atoms with Gasteiger partial charge in [-0.1, -0.05) is 30.8 Å². The third-order valence-corrected chi connectivity index (χ3v) is 3.63. The number of carbonyl (C=O) groups is 1. The van der Waals surface area contributed by atoms with E-state index in [1.54, 1.807) is 4.57 Å². The van der Waals surface area contributed by atoms with Gasteiger partial charge in [0.25, 0.3) is 5.91 Å². The molecule has 106 valence electrons. The fourth-order valence-corrected chi connectivity index (χ4v) is 2.81. The lowest BCUT2D eigenvalue weighted by Gasteiger charge is -2.09. The highest BCUT2D eigenvalue weighted by molar-refractivity contribution is 6.15. The first-order valence-electron chi connectivity index (χ1n) is 6.95. The maximum absolute atomic E-state index is 12.2. The van der Waals surface area contributed by atoms with Crippen molar-refractivity contribution in [2.45, 2.75) is 6.54 Å². The van der Waals surface area contributed by atoms with Crippen LogP contribution in [0.5, 0.6) is 0 Å². The molecule has 0 amide bonds. The zero-order valence-electron chi connectivity index (χ0n) is 12.3. The summed E-state index contributed by atoms with van der Waals surface area (Å²) in [7, 11) is 4.10. The summed E-state index contributed by atoms with van der Waals surface area (Å²) in [4.78, 5) is 14.3. The molecule has 0 radical (unpaired) electrons. The van der Waals surface area contributed by atoms with Crippen molar-refractivity contribution in [3.05, 3.63) is 60.7 Å². The van der Waals surface area contributed by atoms with E-state index in [1.807, 2.05) is 24.3 Å². The smallest absolute Gasteiger partial charge is 0.254 e. The number of para-hydroxylation sites is 1. The molecule has 3 nitrogen and oxygen atoms in total. The van der Waals surface area contributed by atoms with Crippen LogP contribution in [0, 0.1) is 0 Å². The number of benzene rings is 2. The molecule has 3 aromatic rings. The average Bonchev–Trinajstić information content (AvgIpc) is 2.80. The lowest BCUT2D eigenvalue weighted by atomic mass is 10.1. The lowest BCUT2D eigenvalue weighted by molar-refractivity contribution is 0.0978. The Kier molecular flexibility index (Phi) is 3.35. The van der Waals surface area contributed by atoms with Gasteiger partial charge in [0.1, 0.15) is 0 Å². The molecule has 3 rings (SSSR count). The SMILES string of the molecule is C=CC(=O)n1c2ccccc2c2cc(CN(C)C)ccc21. The van der Waals surface area contributed by atoms with Crippen molar-refractivity contribution in [1.29, 1.82) is 0 Å². The van der Waals surface area contributed by atoms with Crippen molar-refractivity contribution in [3.63, 3.8) is 0 Å². The van der Waals surface area contributed by atoms with Gasteiger partial charge >= 0.3 is 0 Å². The molecule has 0 bridgehead atoms. The van der Waals surface area contributed by atoms with Crippen LogP contribution in [0.4, 0.5) is 0 Å². The Labute approximate surface area is 124 Å². The molecular weight excluding hydrogens is 260 g/mol. The molecule has 0 unspecified atom stereocenters. The Morgan fingerprint density at radius 3 is 2.57 bits per heavy atom. The molecule has 0 aliphatic carbocycles. The van der Waals surface area contributed by atoms with E-state index in [4.69, 9.17) is 0 Å². The molecule has 0 saturated carbocycles. The van der Waals surface area contributed by atoms with Gasteiger partial charge in [0.2, 0.25) is 0 Å². The van der Waals surface area contributed by atoms with Crippen LogP contribution in [-0.2, 0) is 6.54 Å². The predicted molar refractivity (Wildman–Crippen MR) is 87.7 cm³/mol. The number of carbonyl (C=O) groups excluding carboxylic acids is 1. The summed E-state index contributed by atoms with van der Waals surface area (Å²) in [6.07, 6.45) is 1.36. The summed E-state index contributed by atoms with van der Waals surface area (Å²) >= 11 is 0. The predicted octanol–water partition coefficient (Wildman–Crippen LogP) is 3.68. The highest BCUT2D eigenvalue weighted by atomic mass is 16.1. The lowest BCUT2D eigenvalue weighted by Crippen LogP contribution is -2.10. The largest absolute Gasteiger partial charge is 0.305 e. The van der Waals surface area contributed by atoms with Crippen LogP contribution in [0.25, 0.3) is 21.8 Å². The van der Waals surface area contributed by atoms with Gasteiger partial charge in [0.05, 0.1) is 11.0 Å². The zero-order valence-corrected chi connectivity index (χ0v) is 12.3. The molecule has 21 heavy (non-hydrogen) atoms. The first kappa shape index (κ1) is 13.6. The molecule has 0 aliphatic rings. The topological polar surface area (TPSA) is 25.2 Å². The molecular formula is C18H18N2O. The Bertz CT molecular complexity index is 843. The van der Waals surface area contributed by atoms with Crippen LogP contribution in [-0.4, -0.2) is 29.5 Å². The van der Waals surface area contributed by atoms with Gasteiger partial charge in [-0.3, -0.25) is 9.36 Å². The highest BCUT2D eigenvalue weighted by Gasteiger charge is 2.14. The zero-order chi connectivity index (χ0) is 15.0. The van der Waals surface area contributed by atoms with Crippen molar-refractivity contribution >= 4 is 27.7 Å². The molecule has 0 spiro atoms. The Balaban J connectivity index is 2.35. The molecule has 0 atom stereocenters. The summed E-state index contributed by atoms with van der Waals surface area (Å²) in [6, 6.07) is 14.3. The maximum atomic E-state index is 12.2. The second kappa shape index (κ2) is 5.19. The molecule has 1 aromatic heterocycles. The van der Waals surface area contributed by atoms with Crippen molar-refractivity contribution in [2.75, 3.05) is 14.1 Å². The number of hydrogen-bond donors (Lipinski definition) is 0. The number of rotatable bonds is 3. The van der Waals surface area contributed by atoms with Crippen LogP contribution in [0.15, 0.2) is 55.1 Å². The molecule has 3 heteroatoms. The van der Waals surface area contributed by atoms with Gasteiger partial charge in [0, 0.05) is 17.3 Å². The monoisotopic (exact) mass is 278 g/mol. The molecule has 0 aliphatic heterocycles. The van der Waals surface area contributed by atoms with Gasteiger partial charge in [-0.25, -0.2) is 0 Å². The van der Waals surface area contributed by atoms with E-state index in [2.05, 4.69) is 43.8 Å². The van der Waals surface area contributed by atoms with Gasteiger partial charge < -0.3 is 4.90 Å². The third-order valence-electron chi connectivity index (χ3n) is 3.63. The third kappa shape index (κ3) is 2.26. The molecule has 0 saturated heterocycles. The van der Waals surface area contributed by atoms with Crippen LogP contribution in [0.2, 0.25) is 0 Å². The Morgan fingerprint density at radius 2 is 1.86 bits per heavy atom. The van der Waals surface area contributed by atoms with Crippen molar-refractivity contribution < 1.29 is 4.79 Å². The molecule has 1 heterocycles. The minimum Gasteiger partial charge on any atom is -0.305 e. The standard InChI is InChI=1S/C18H18N2O/c1-4-18(21)20-16-8-6-5-7-14(16)15-11-13(12-19(2)3)9-10-17(15)20/h4-11H,1,12H2,2-3H3. The van der Waals surface area contributed by atoms with Crippen LogP contribution in [0.1, 0.15) is 10.4 Å². The van der Waals surface area contributed by atoms with Crippen LogP contribution < -0.4 is 0 Å². The average molecular weight is 278 g/mol. The molecule has 0 fully saturated rings. The number of nitrogens with zero attached hydrogens (tertiary/aromatic N) is 2. The molecule has 2 aromatic carbocycles. The van der Waals surface area contributed by atoms with Crippen molar-refractivity contribution in [2.24, 2.45) is 0 Å². The summed E-state index contributed by atoms with van der Waals surface area (Å²) in [5.74, 6) is -0.0958. The fraction of sp³-hybridized carbons (Fsp3) is 0.167. The van der Waals surface area contributed by atoms with Crippen molar-refractivity contribution in [3.8, 4) is 0 Å². The first-order valence-corrected chi connectivity index (χ1v) is 6.95. The number of aromatic nitrogens is 1. The van der Waals surface area contributed by atoms with E-state index in [0.717, 1.165) is 28.4 Å². The minimum atomic E-state index is -0.0958. The quantitative estimate of drug-likeness (QED) is 0.683. The normalized spacial score (nSPS) is 11.4. The van der Waals surface area contributed by atoms with E-state index in [1.165, 1.54) is 11.6 Å². The summed E-state index contributed by atoms with van der Waals surface area (Å²) in [5.41, 5.74) is 3.10. The fourth-order valence-electron chi connectivity index (χ4n) is 2.81. The van der Waals surface area contributed by atoms with Crippen molar-refractivity contribution in [1.82, 2.24) is 9.47 Å². The second-order valence-corrected chi connectivity index (χ2v) is 5.48.